The molecule has 0 saturated carbocycles. The van der Waals surface area contributed by atoms with Gasteiger partial charge >= 0.3 is 0 Å². The second kappa shape index (κ2) is 9.25. The predicted octanol–water partition coefficient (Wildman–Crippen LogP) is 4.73. The molecule has 2 aromatic rings. The Kier molecular flexibility index (Phi) is 6.46. The lowest BCUT2D eigenvalue weighted by Crippen LogP contribution is -2.45. The van der Waals surface area contributed by atoms with Gasteiger partial charge in [0.25, 0.3) is 11.1 Å². The first-order valence-electron chi connectivity index (χ1n) is 10.1. The Labute approximate surface area is 185 Å². The Morgan fingerprint density at radius 1 is 1.23 bits per heavy atom. The molecule has 0 radical (unpaired) electrons. The molecule has 7 heteroatoms. The molecule has 1 atom stereocenters. The fourth-order valence-corrected chi connectivity index (χ4v) is 4.83. The summed E-state index contributed by atoms with van der Waals surface area (Å²) in [5, 5.41) is 6.28. The number of thioether (sulfide) groups is 1. The Hall–Kier alpha value is -2.28. The Morgan fingerprint density at radius 3 is 2.77 bits per heavy atom. The third-order valence-corrected chi connectivity index (χ3v) is 6.52. The third kappa shape index (κ3) is 4.89. The Bertz CT molecular complexity index is 990. The number of anilines is 1. The number of piperidine rings is 1. The van der Waals surface area contributed by atoms with Crippen LogP contribution in [0.25, 0.3) is 6.08 Å². The number of imide groups is 1. The van der Waals surface area contributed by atoms with E-state index in [-0.39, 0.29) is 11.1 Å². The third-order valence-electron chi connectivity index (χ3n) is 5.40. The van der Waals surface area contributed by atoms with Crippen molar-refractivity contribution >= 4 is 46.3 Å². The predicted molar refractivity (Wildman–Crippen MR) is 124 cm³/mol. The van der Waals surface area contributed by atoms with Gasteiger partial charge in [0.1, 0.15) is 0 Å². The lowest BCUT2D eigenvalue weighted by molar-refractivity contribution is -0.115. The summed E-state index contributed by atoms with van der Waals surface area (Å²) in [6, 6.07) is 14.6. The maximum Gasteiger partial charge on any atom is 0.290 e. The molecule has 0 spiro atoms. The molecule has 2 N–H and O–H groups in total. The Balaban J connectivity index is 1.50. The van der Waals surface area contributed by atoms with Crippen LogP contribution in [-0.4, -0.2) is 30.3 Å². The number of carbonyl (C=O) groups is 2. The maximum absolute atomic E-state index is 12.0. The first-order chi connectivity index (χ1) is 14.5. The van der Waals surface area contributed by atoms with Crippen LogP contribution in [0.2, 0.25) is 5.02 Å². The summed E-state index contributed by atoms with van der Waals surface area (Å²) in [7, 11) is 0. The van der Waals surface area contributed by atoms with Crippen molar-refractivity contribution < 1.29 is 9.59 Å². The number of hydrogen-bond donors (Lipinski definition) is 2. The summed E-state index contributed by atoms with van der Waals surface area (Å²) in [4.78, 5) is 26.2. The van der Waals surface area contributed by atoms with Crippen molar-refractivity contribution in [2.75, 3.05) is 18.0 Å². The lowest BCUT2D eigenvalue weighted by atomic mass is 10.0. The van der Waals surface area contributed by atoms with Gasteiger partial charge in [-0.3, -0.25) is 14.9 Å². The van der Waals surface area contributed by atoms with E-state index in [4.69, 9.17) is 11.6 Å². The first kappa shape index (κ1) is 21.0. The summed E-state index contributed by atoms with van der Waals surface area (Å²) in [5.41, 5.74) is 4.31. The quantitative estimate of drug-likeness (QED) is 0.657. The standard InChI is InChI=1S/C23H24ClN3O2S/c1-15-7-9-16(10-8-15)13-25-18-5-3-11-27(14-18)21-17(4-2-6-19(21)24)12-20-22(28)26-23(29)30-20/h2,4,6-10,12,18,25H,3,5,11,13-14H2,1H3,(H,26,28,29). The van der Waals surface area contributed by atoms with Gasteiger partial charge in [0.05, 0.1) is 15.6 Å². The van der Waals surface area contributed by atoms with E-state index >= 15 is 0 Å². The van der Waals surface area contributed by atoms with Gasteiger partial charge in [-0.25, -0.2) is 0 Å². The molecule has 2 amide bonds. The van der Waals surface area contributed by atoms with Gasteiger partial charge in [-0.1, -0.05) is 53.6 Å². The van der Waals surface area contributed by atoms with Gasteiger partial charge in [-0.05, 0) is 49.2 Å². The van der Waals surface area contributed by atoms with Crippen LogP contribution in [0.4, 0.5) is 10.5 Å². The van der Waals surface area contributed by atoms with E-state index in [0.29, 0.717) is 16.0 Å². The van der Waals surface area contributed by atoms with Gasteiger partial charge in [-0.2, -0.15) is 0 Å². The van der Waals surface area contributed by atoms with Gasteiger partial charge in [0, 0.05) is 31.2 Å². The molecular weight excluding hydrogens is 418 g/mol. The van der Waals surface area contributed by atoms with E-state index < -0.39 is 0 Å². The fourth-order valence-electron chi connectivity index (χ4n) is 3.86. The lowest BCUT2D eigenvalue weighted by Gasteiger charge is -2.36. The number of aryl methyl sites for hydroxylation is 1. The Morgan fingerprint density at radius 2 is 2.03 bits per heavy atom. The number of para-hydroxylation sites is 1. The molecule has 156 valence electrons. The van der Waals surface area contributed by atoms with Gasteiger partial charge < -0.3 is 10.2 Å². The van der Waals surface area contributed by atoms with E-state index in [0.717, 1.165) is 55.5 Å². The number of nitrogens with one attached hydrogen (secondary N) is 2. The van der Waals surface area contributed by atoms with Crippen LogP contribution in [0.1, 0.15) is 29.5 Å². The molecule has 2 aliphatic heterocycles. The molecule has 2 fully saturated rings. The maximum atomic E-state index is 12.0. The molecular formula is C23H24ClN3O2S. The van der Waals surface area contributed by atoms with Crippen LogP contribution in [0.5, 0.6) is 0 Å². The SMILES string of the molecule is Cc1ccc(CNC2CCCN(c3c(Cl)cccc3C=C3SC(=O)NC3=O)C2)cc1. The number of hydrogen-bond acceptors (Lipinski definition) is 5. The van der Waals surface area contributed by atoms with E-state index in [1.54, 1.807) is 6.08 Å². The van der Waals surface area contributed by atoms with E-state index in [9.17, 15) is 9.59 Å². The zero-order chi connectivity index (χ0) is 21.1. The number of halogens is 1. The van der Waals surface area contributed by atoms with Gasteiger partial charge in [0.2, 0.25) is 0 Å². The molecule has 0 aromatic heterocycles. The highest BCUT2D eigenvalue weighted by Crippen LogP contribution is 2.35. The molecule has 30 heavy (non-hydrogen) atoms. The number of nitrogens with zero attached hydrogens (tertiary/aromatic N) is 1. The van der Waals surface area contributed by atoms with Crippen LogP contribution in [0.3, 0.4) is 0 Å². The fraction of sp³-hybridized carbons (Fsp3) is 0.304. The second-order valence-corrected chi connectivity index (χ2v) is 9.10. The highest BCUT2D eigenvalue weighted by atomic mass is 35.5. The van der Waals surface area contributed by atoms with Crippen LogP contribution >= 0.6 is 23.4 Å². The molecule has 2 saturated heterocycles. The van der Waals surface area contributed by atoms with Crippen molar-refractivity contribution in [3.63, 3.8) is 0 Å². The molecule has 1 unspecified atom stereocenters. The number of carbonyl (C=O) groups excluding carboxylic acids is 2. The molecule has 2 aromatic carbocycles. The normalized spacial score (nSPS) is 20.7. The van der Waals surface area contributed by atoms with E-state index in [2.05, 4.69) is 46.7 Å². The molecule has 0 aliphatic carbocycles. The van der Waals surface area contributed by atoms with Crippen LogP contribution in [0, 0.1) is 6.92 Å². The van der Waals surface area contributed by atoms with Crippen LogP contribution in [0.15, 0.2) is 47.4 Å². The molecule has 2 heterocycles. The minimum Gasteiger partial charge on any atom is -0.368 e. The van der Waals surface area contributed by atoms with Gasteiger partial charge in [0.15, 0.2) is 0 Å². The zero-order valence-electron chi connectivity index (χ0n) is 16.8. The summed E-state index contributed by atoms with van der Waals surface area (Å²) < 4.78 is 0. The van der Waals surface area contributed by atoms with Crippen molar-refractivity contribution in [1.29, 1.82) is 0 Å². The van der Waals surface area contributed by atoms with Crippen LogP contribution < -0.4 is 15.5 Å². The molecule has 5 nitrogen and oxygen atoms in total. The summed E-state index contributed by atoms with van der Waals surface area (Å²) in [5.74, 6) is -0.354. The largest absolute Gasteiger partial charge is 0.368 e. The van der Waals surface area contributed by atoms with Crippen molar-refractivity contribution in [3.05, 3.63) is 69.1 Å². The van der Waals surface area contributed by atoms with Crippen molar-refractivity contribution in [1.82, 2.24) is 10.6 Å². The average molecular weight is 442 g/mol. The highest BCUT2D eigenvalue weighted by molar-refractivity contribution is 8.18. The highest BCUT2D eigenvalue weighted by Gasteiger charge is 2.27. The summed E-state index contributed by atoms with van der Waals surface area (Å²) in [6.45, 7) is 4.67. The number of rotatable bonds is 5. The minimum atomic E-state index is -0.354. The molecule has 0 bridgehead atoms. The van der Waals surface area contributed by atoms with Crippen molar-refractivity contribution in [2.24, 2.45) is 0 Å². The molecule has 2 aliphatic rings. The van der Waals surface area contributed by atoms with Crippen LogP contribution in [-0.2, 0) is 11.3 Å². The first-order valence-corrected chi connectivity index (χ1v) is 11.3. The molecule has 4 rings (SSSR count). The zero-order valence-corrected chi connectivity index (χ0v) is 18.4. The monoisotopic (exact) mass is 441 g/mol. The summed E-state index contributed by atoms with van der Waals surface area (Å²) >= 11 is 7.51. The average Bonchev–Trinajstić information content (AvgIpc) is 3.04. The van der Waals surface area contributed by atoms with E-state index in [1.165, 1.54) is 11.1 Å². The number of amides is 2. The van der Waals surface area contributed by atoms with Crippen molar-refractivity contribution in [3.8, 4) is 0 Å². The van der Waals surface area contributed by atoms with E-state index in [1.807, 2.05) is 18.2 Å². The van der Waals surface area contributed by atoms with Crippen molar-refractivity contribution in [2.45, 2.75) is 32.4 Å². The number of benzene rings is 2. The smallest absolute Gasteiger partial charge is 0.290 e. The summed E-state index contributed by atoms with van der Waals surface area (Å²) in [6.07, 6.45) is 3.92. The minimum absolute atomic E-state index is 0.340. The van der Waals surface area contributed by atoms with Gasteiger partial charge in [-0.15, -0.1) is 0 Å². The topological polar surface area (TPSA) is 61.4 Å². The second-order valence-electron chi connectivity index (χ2n) is 7.68.